The van der Waals surface area contributed by atoms with E-state index in [0.717, 1.165) is 28.0 Å². The lowest BCUT2D eigenvalue weighted by molar-refractivity contribution is -0.132. The molecule has 1 aliphatic rings. The van der Waals surface area contributed by atoms with Gasteiger partial charge in [0, 0.05) is 16.1 Å². The van der Waals surface area contributed by atoms with E-state index in [9.17, 15) is 14.7 Å². The summed E-state index contributed by atoms with van der Waals surface area (Å²) in [6, 6.07) is 16.4. The van der Waals surface area contributed by atoms with E-state index in [-0.39, 0.29) is 11.3 Å². The average molecular weight is 418 g/mol. The van der Waals surface area contributed by atoms with Gasteiger partial charge in [-0.1, -0.05) is 55.0 Å². The minimum Gasteiger partial charge on any atom is -0.507 e. The average Bonchev–Trinajstić information content (AvgIpc) is 3.35. The molecule has 1 amide bonds. The number of thiophene rings is 1. The Bertz CT molecular complexity index is 1140. The highest BCUT2D eigenvalue weighted by molar-refractivity contribution is 7.10. The number of aliphatic hydroxyl groups is 1. The second kappa shape index (κ2) is 7.92. The van der Waals surface area contributed by atoms with Crippen molar-refractivity contribution in [1.29, 1.82) is 0 Å². The maximum Gasteiger partial charge on any atom is 0.300 e. The molecule has 30 heavy (non-hydrogen) atoms. The number of aryl methyl sites for hydroxylation is 3. The van der Waals surface area contributed by atoms with E-state index < -0.39 is 17.7 Å². The number of rotatable bonds is 4. The summed E-state index contributed by atoms with van der Waals surface area (Å²) in [4.78, 5) is 28.6. The van der Waals surface area contributed by atoms with Gasteiger partial charge in [0.15, 0.2) is 0 Å². The van der Waals surface area contributed by atoms with E-state index in [4.69, 9.17) is 0 Å². The number of Topliss-reactive ketones (excluding diaryl/α,β-unsaturated/α-hetero) is 1. The zero-order valence-corrected chi connectivity index (χ0v) is 18.0. The van der Waals surface area contributed by atoms with Crippen LogP contribution >= 0.6 is 11.3 Å². The number of anilines is 1. The van der Waals surface area contributed by atoms with Gasteiger partial charge < -0.3 is 5.11 Å². The van der Waals surface area contributed by atoms with Gasteiger partial charge in [0.2, 0.25) is 0 Å². The summed E-state index contributed by atoms with van der Waals surface area (Å²) in [5.74, 6) is -1.42. The third-order valence-corrected chi connectivity index (χ3v) is 6.43. The highest BCUT2D eigenvalue weighted by atomic mass is 32.1. The number of carbonyl (C=O) groups is 2. The second-order valence-corrected chi connectivity index (χ2v) is 8.50. The van der Waals surface area contributed by atoms with Gasteiger partial charge in [0.25, 0.3) is 11.7 Å². The Hall–Kier alpha value is -3.18. The third-order valence-electron chi connectivity index (χ3n) is 5.50. The van der Waals surface area contributed by atoms with Crippen LogP contribution in [-0.4, -0.2) is 16.8 Å². The number of benzene rings is 2. The third kappa shape index (κ3) is 3.35. The number of ketones is 1. The molecule has 0 aliphatic carbocycles. The fraction of sp³-hybridized carbons (Fsp3) is 0.200. The van der Waals surface area contributed by atoms with E-state index in [1.54, 1.807) is 12.1 Å². The molecule has 1 aliphatic heterocycles. The minimum atomic E-state index is -0.662. The SMILES string of the molecule is CCc1ccc(/C(O)=C2/C(=O)C(=O)N(c3ccc(C)cc3C)C2c2cccs2)cc1. The summed E-state index contributed by atoms with van der Waals surface area (Å²) in [5.41, 5.74) is 4.47. The molecule has 4 rings (SSSR count). The zero-order valence-electron chi connectivity index (χ0n) is 17.2. The van der Waals surface area contributed by atoms with E-state index in [0.29, 0.717) is 11.3 Å². The van der Waals surface area contributed by atoms with E-state index in [2.05, 4.69) is 6.92 Å². The monoisotopic (exact) mass is 417 g/mol. The molecule has 152 valence electrons. The van der Waals surface area contributed by atoms with Crippen molar-refractivity contribution in [3.63, 3.8) is 0 Å². The molecule has 5 heteroatoms. The standard InChI is InChI=1S/C25H23NO3S/c1-4-17-8-10-18(11-9-17)23(27)21-22(20-6-5-13-30-20)26(25(29)24(21)28)19-12-7-15(2)14-16(19)3/h5-14,22,27H,4H2,1-3H3/b23-21-. The predicted octanol–water partition coefficient (Wildman–Crippen LogP) is 5.55. The number of hydrogen-bond acceptors (Lipinski definition) is 4. The first-order chi connectivity index (χ1) is 14.4. The topological polar surface area (TPSA) is 57.6 Å². The lowest BCUT2D eigenvalue weighted by Gasteiger charge is -2.26. The van der Waals surface area contributed by atoms with Crippen molar-refractivity contribution in [3.05, 3.63) is 92.7 Å². The molecule has 3 aromatic rings. The first-order valence-electron chi connectivity index (χ1n) is 9.93. The summed E-state index contributed by atoms with van der Waals surface area (Å²) in [5, 5.41) is 13.0. The van der Waals surface area contributed by atoms with Crippen molar-refractivity contribution >= 4 is 34.5 Å². The van der Waals surface area contributed by atoms with Gasteiger partial charge in [-0.15, -0.1) is 11.3 Å². The molecule has 0 bridgehead atoms. The minimum absolute atomic E-state index is 0.131. The smallest absolute Gasteiger partial charge is 0.300 e. The highest BCUT2D eigenvalue weighted by Gasteiger charge is 2.47. The highest BCUT2D eigenvalue weighted by Crippen LogP contribution is 2.44. The van der Waals surface area contributed by atoms with Crippen LogP contribution in [0.1, 0.15) is 40.1 Å². The fourth-order valence-electron chi connectivity index (χ4n) is 3.93. The molecular weight excluding hydrogens is 394 g/mol. The molecule has 2 aromatic carbocycles. The van der Waals surface area contributed by atoms with Crippen LogP contribution in [0.5, 0.6) is 0 Å². The Morgan fingerprint density at radius 2 is 1.80 bits per heavy atom. The van der Waals surface area contributed by atoms with E-state index in [1.807, 2.05) is 61.7 Å². The Morgan fingerprint density at radius 1 is 1.07 bits per heavy atom. The van der Waals surface area contributed by atoms with Gasteiger partial charge >= 0.3 is 0 Å². The summed E-state index contributed by atoms with van der Waals surface area (Å²) >= 11 is 1.46. The number of amides is 1. The Morgan fingerprint density at radius 3 is 2.40 bits per heavy atom. The molecule has 1 unspecified atom stereocenters. The number of hydrogen-bond donors (Lipinski definition) is 1. The first kappa shape index (κ1) is 20.1. The Labute approximate surface area is 180 Å². The van der Waals surface area contributed by atoms with Crippen LogP contribution in [0, 0.1) is 13.8 Å². The lowest BCUT2D eigenvalue weighted by Crippen LogP contribution is -2.29. The molecule has 1 N–H and O–H groups in total. The van der Waals surface area contributed by atoms with Gasteiger partial charge in [-0.2, -0.15) is 0 Å². The molecule has 1 atom stereocenters. The van der Waals surface area contributed by atoms with Crippen molar-refractivity contribution in [2.45, 2.75) is 33.2 Å². The summed E-state index contributed by atoms with van der Waals surface area (Å²) in [6.45, 7) is 5.97. The molecule has 2 heterocycles. The van der Waals surface area contributed by atoms with Gasteiger partial charge in [0.05, 0.1) is 5.57 Å². The van der Waals surface area contributed by atoms with Crippen molar-refractivity contribution in [1.82, 2.24) is 0 Å². The van der Waals surface area contributed by atoms with Crippen molar-refractivity contribution in [3.8, 4) is 0 Å². The summed E-state index contributed by atoms with van der Waals surface area (Å²) < 4.78 is 0. The van der Waals surface area contributed by atoms with E-state index in [1.165, 1.54) is 16.2 Å². The molecule has 4 nitrogen and oxygen atoms in total. The largest absolute Gasteiger partial charge is 0.507 e. The molecule has 0 radical (unpaired) electrons. The van der Waals surface area contributed by atoms with Gasteiger partial charge in [0.1, 0.15) is 11.8 Å². The van der Waals surface area contributed by atoms with Gasteiger partial charge in [-0.25, -0.2) is 0 Å². The number of carbonyl (C=O) groups excluding carboxylic acids is 2. The lowest BCUT2D eigenvalue weighted by atomic mass is 9.98. The quantitative estimate of drug-likeness (QED) is 0.344. The van der Waals surface area contributed by atoms with E-state index >= 15 is 0 Å². The molecule has 1 aromatic heterocycles. The summed E-state index contributed by atoms with van der Waals surface area (Å²) in [6.07, 6.45) is 0.882. The first-order valence-corrected chi connectivity index (χ1v) is 10.8. The Balaban J connectivity index is 1.91. The van der Waals surface area contributed by atoms with Crippen molar-refractivity contribution in [2.24, 2.45) is 0 Å². The van der Waals surface area contributed by atoms with Crippen molar-refractivity contribution < 1.29 is 14.7 Å². The normalized spacial score (nSPS) is 18.2. The number of aliphatic hydroxyl groups excluding tert-OH is 1. The predicted molar refractivity (Wildman–Crippen MR) is 121 cm³/mol. The van der Waals surface area contributed by atoms with Crippen LogP contribution in [0.4, 0.5) is 5.69 Å². The molecule has 0 spiro atoms. The zero-order chi connectivity index (χ0) is 21.4. The second-order valence-electron chi connectivity index (χ2n) is 7.52. The van der Waals surface area contributed by atoms with Crippen LogP contribution in [0.3, 0.4) is 0 Å². The molecular formula is C25H23NO3S. The Kier molecular flexibility index (Phi) is 5.31. The molecule has 1 fully saturated rings. The van der Waals surface area contributed by atoms with Gasteiger partial charge in [-0.05, 0) is 48.9 Å². The van der Waals surface area contributed by atoms with Crippen LogP contribution in [0.2, 0.25) is 0 Å². The number of nitrogens with zero attached hydrogens (tertiary/aromatic N) is 1. The van der Waals surface area contributed by atoms with Crippen LogP contribution in [-0.2, 0) is 16.0 Å². The van der Waals surface area contributed by atoms with Crippen LogP contribution in [0.25, 0.3) is 5.76 Å². The van der Waals surface area contributed by atoms with Crippen LogP contribution in [0.15, 0.2) is 65.6 Å². The molecule has 0 saturated carbocycles. The van der Waals surface area contributed by atoms with Crippen LogP contribution < -0.4 is 4.90 Å². The maximum absolute atomic E-state index is 13.1. The fourth-order valence-corrected chi connectivity index (χ4v) is 4.75. The summed E-state index contributed by atoms with van der Waals surface area (Å²) in [7, 11) is 0. The maximum atomic E-state index is 13.1. The van der Waals surface area contributed by atoms with Gasteiger partial charge in [-0.3, -0.25) is 14.5 Å². The molecule has 1 saturated heterocycles. The van der Waals surface area contributed by atoms with Crippen molar-refractivity contribution in [2.75, 3.05) is 4.90 Å².